The summed E-state index contributed by atoms with van der Waals surface area (Å²) in [4.78, 5) is 0. The molecule has 0 aliphatic heterocycles. The number of hydrogen-bond donors (Lipinski definition) is 1. The van der Waals surface area contributed by atoms with Crippen LogP contribution in [0.25, 0.3) is 0 Å². The maximum absolute atomic E-state index is 12.7. The normalized spacial score (nSPS) is 12.7. The molecule has 0 bridgehead atoms. The van der Waals surface area contributed by atoms with E-state index in [0.29, 0.717) is 5.56 Å². The van der Waals surface area contributed by atoms with Crippen molar-refractivity contribution in [2.75, 3.05) is 6.61 Å². The first-order chi connectivity index (χ1) is 7.39. The Morgan fingerprint density at radius 1 is 1.25 bits per heavy atom. The SMILES string of the molecule is O=S(=O)(OCc1ccccc1)C(F)(F)CO. The molecule has 0 amide bonds. The van der Waals surface area contributed by atoms with Crippen LogP contribution < -0.4 is 0 Å². The highest BCUT2D eigenvalue weighted by Gasteiger charge is 2.45. The van der Waals surface area contributed by atoms with Crippen molar-refractivity contribution in [2.24, 2.45) is 0 Å². The van der Waals surface area contributed by atoms with Crippen molar-refractivity contribution < 1.29 is 26.5 Å². The lowest BCUT2D eigenvalue weighted by molar-refractivity contribution is 0.0138. The minimum Gasteiger partial charge on any atom is -0.389 e. The zero-order valence-corrected chi connectivity index (χ0v) is 8.95. The molecule has 4 nitrogen and oxygen atoms in total. The molecule has 0 fully saturated rings. The van der Waals surface area contributed by atoms with E-state index >= 15 is 0 Å². The second-order valence-electron chi connectivity index (χ2n) is 3.00. The number of benzene rings is 1. The van der Waals surface area contributed by atoms with Gasteiger partial charge in [0.05, 0.1) is 6.61 Å². The van der Waals surface area contributed by atoms with E-state index in [4.69, 9.17) is 5.11 Å². The van der Waals surface area contributed by atoms with Crippen LogP contribution in [0.5, 0.6) is 0 Å². The van der Waals surface area contributed by atoms with Crippen LogP contribution >= 0.6 is 0 Å². The molecule has 0 radical (unpaired) electrons. The van der Waals surface area contributed by atoms with E-state index in [0.717, 1.165) is 0 Å². The van der Waals surface area contributed by atoms with E-state index in [-0.39, 0.29) is 0 Å². The first-order valence-corrected chi connectivity index (χ1v) is 5.71. The van der Waals surface area contributed by atoms with E-state index in [1.165, 1.54) is 12.1 Å². The zero-order chi connectivity index (χ0) is 12.2. The van der Waals surface area contributed by atoms with E-state index in [2.05, 4.69) is 4.18 Å². The highest BCUT2D eigenvalue weighted by molar-refractivity contribution is 7.87. The van der Waals surface area contributed by atoms with Crippen molar-refractivity contribution in [2.45, 2.75) is 11.9 Å². The van der Waals surface area contributed by atoms with Crippen LogP contribution in [0.3, 0.4) is 0 Å². The van der Waals surface area contributed by atoms with Crippen LogP contribution in [0.15, 0.2) is 30.3 Å². The zero-order valence-electron chi connectivity index (χ0n) is 8.14. The predicted octanol–water partition coefficient (Wildman–Crippen LogP) is 1.12. The molecule has 0 unspecified atom stereocenters. The first-order valence-electron chi connectivity index (χ1n) is 4.30. The van der Waals surface area contributed by atoms with Crippen LogP contribution in [0.1, 0.15) is 5.56 Å². The molecule has 1 rings (SSSR count). The minimum atomic E-state index is -5.09. The lowest BCUT2D eigenvalue weighted by Gasteiger charge is -2.13. The van der Waals surface area contributed by atoms with Crippen LogP contribution in [0.4, 0.5) is 8.78 Å². The molecule has 7 heteroatoms. The average Bonchev–Trinajstić information content (AvgIpc) is 2.27. The van der Waals surface area contributed by atoms with Crippen molar-refractivity contribution >= 4 is 10.1 Å². The maximum atomic E-state index is 12.7. The second-order valence-corrected chi connectivity index (χ2v) is 4.74. The second kappa shape index (κ2) is 4.86. The standard InChI is InChI=1S/C9H10F2O4S/c10-9(11,7-12)16(13,14)15-6-8-4-2-1-3-5-8/h1-5,12H,6-7H2. The summed E-state index contributed by atoms with van der Waals surface area (Å²) in [7, 11) is -5.09. The van der Waals surface area contributed by atoms with Crippen LogP contribution in [0, 0.1) is 0 Å². The number of hydrogen-bond acceptors (Lipinski definition) is 4. The van der Waals surface area contributed by atoms with Crippen LogP contribution in [-0.4, -0.2) is 25.4 Å². The molecule has 0 aromatic heterocycles. The van der Waals surface area contributed by atoms with Gasteiger partial charge in [0.1, 0.15) is 6.61 Å². The summed E-state index contributed by atoms with van der Waals surface area (Å²) in [6, 6.07) is 8.00. The Kier molecular flexibility index (Phi) is 3.95. The summed E-state index contributed by atoms with van der Waals surface area (Å²) in [5, 5.41) is 3.94. The molecule has 0 saturated heterocycles. The van der Waals surface area contributed by atoms with Crippen molar-refractivity contribution in [3.63, 3.8) is 0 Å². The van der Waals surface area contributed by atoms with E-state index in [1.54, 1.807) is 18.2 Å². The lowest BCUT2D eigenvalue weighted by Crippen LogP contribution is -2.34. The number of halogens is 2. The van der Waals surface area contributed by atoms with Crippen molar-refractivity contribution in [3.8, 4) is 0 Å². The molecule has 16 heavy (non-hydrogen) atoms. The molecule has 0 heterocycles. The molecule has 1 aromatic rings. The van der Waals surface area contributed by atoms with Gasteiger partial charge >= 0.3 is 15.4 Å². The molecular weight excluding hydrogens is 242 g/mol. The largest absolute Gasteiger partial charge is 0.392 e. The highest BCUT2D eigenvalue weighted by atomic mass is 32.2. The smallest absolute Gasteiger partial charge is 0.389 e. The summed E-state index contributed by atoms with van der Waals surface area (Å²) in [6.45, 7) is -2.29. The summed E-state index contributed by atoms with van der Waals surface area (Å²) >= 11 is 0. The van der Waals surface area contributed by atoms with Gasteiger partial charge in [0.25, 0.3) is 0 Å². The fraction of sp³-hybridized carbons (Fsp3) is 0.333. The Morgan fingerprint density at radius 2 is 1.81 bits per heavy atom. The van der Waals surface area contributed by atoms with Gasteiger partial charge in [-0.2, -0.15) is 17.2 Å². The molecule has 0 aliphatic carbocycles. The van der Waals surface area contributed by atoms with Crippen molar-refractivity contribution in [1.29, 1.82) is 0 Å². The fourth-order valence-electron chi connectivity index (χ4n) is 0.885. The molecule has 1 aromatic carbocycles. The number of alkyl halides is 2. The van der Waals surface area contributed by atoms with Gasteiger partial charge in [-0.05, 0) is 5.56 Å². The van der Waals surface area contributed by atoms with Gasteiger partial charge < -0.3 is 5.11 Å². The van der Waals surface area contributed by atoms with E-state index in [9.17, 15) is 17.2 Å². The summed E-state index contributed by atoms with van der Waals surface area (Å²) in [5.74, 6) is 0. The minimum absolute atomic E-state index is 0.444. The predicted molar refractivity (Wildman–Crippen MR) is 52.2 cm³/mol. The monoisotopic (exact) mass is 252 g/mol. The van der Waals surface area contributed by atoms with Gasteiger partial charge in [-0.25, -0.2) is 0 Å². The van der Waals surface area contributed by atoms with Crippen molar-refractivity contribution in [1.82, 2.24) is 0 Å². The quantitative estimate of drug-likeness (QED) is 0.797. The maximum Gasteiger partial charge on any atom is 0.392 e. The molecule has 1 N–H and O–H groups in total. The Hall–Kier alpha value is -1.05. The Bertz CT molecular complexity index is 430. The number of rotatable bonds is 5. The van der Waals surface area contributed by atoms with E-state index in [1.807, 2.05) is 0 Å². The van der Waals surface area contributed by atoms with Crippen LogP contribution in [0.2, 0.25) is 0 Å². The average molecular weight is 252 g/mol. The van der Waals surface area contributed by atoms with Gasteiger partial charge in [0.15, 0.2) is 0 Å². The molecule has 0 saturated carbocycles. The molecule has 0 atom stereocenters. The van der Waals surface area contributed by atoms with Crippen LogP contribution in [-0.2, 0) is 20.9 Å². The van der Waals surface area contributed by atoms with Gasteiger partial charge in [0.2, 0.25) is 0 Å². The lowest BCUT2D eigenvalue weighted by atomic mass is 10.2. The Morgan fingerprint density at radius 3 is 2.31 bits per heavy atom. The third-order valence-electron chi connectivity index (χ3n) is 1.77. The van der Waals surface area contributed by atoms with Gasteiger partial charge in [-0.3, -0.25) is 4.18 Å². The molecule has 0 aliphatic rings. The molecule has 0 spiro atoms. The number of aliphatic hydroxyl groups excluding tert-OH is 1. The van der Waals surface area contributed by atoms with E-state index < -0.39 is 28.6 Å². The highest BCUT2D eigenvalue weighted by Crippen LogP contribution is 2.23. The first kappa shape index (κ1) is 13.0. The topological polar surface area (TPSA) is 63.6 Å². The fourth-order valence-corrected chi connectivity index (χ4v) is 1.51. The van der Waals surface area contributed by atoms with Gasteiger partial charge in [-0.1, -0.05) is 30.3 Å². The Labute approximate surface area is 91.6 Å². The molecule has 90 valence electrons. The Balaban J connectivity index is 2.69. The third-order valence-corrected chi connectivity index (χ3v) is 3.06. The summed E-state index contributed by atoms with van der Waals surface area (Å²) in [5.41, 5.74) is 0.444. The summed E-state index contributed by atoms with van der Waals surface area (Å²) < 4.78 is 51.3. The van der Waals surface area contributed by atoms with Gasteiger partial charge in [-0.15, -0.1) is 0 Å². The molecular formula is C9H10F2O4S. The summed E-state index contributed by atoms with van der Waals surface area (Å²) in [6.07, 6.45) is 0. The van der Waals surface area contributed by atoms with Gasteiger partial charge in [0, 0.05) is 0 Å². The third kappa shape index (κ3) is 2.97. The van der Waals surface area contributed by atoms with Crippen molar-refractivity contribution in [3.05, 3.63) is 35.9 Å². The number of aliphatic hydroxyl groups is 1.